The number of likely N-dealkylation sites (tertiary alicyclic amines) is 1. The van der Waals surface area contributed by atoms with E-state index in [-0.39, 0.29) is 12.5 Å². The lowest BCUT2D eigenvalue weighted by Gasteiger charge is -2.20. The van der Waals surface area contributed by atoms with Gasteiger partial charge in [-0.25, -0.2) is 0 Å². The summed E-state index contributed by atoms with van der Waals surface area (Å²) >= 11 is 5.90. The van der Waals surface area contributed by atoms with Crippen LogP contribution in [0.5, 0.6) is 5.75 Å². The van der Waals surface area contributed by atoms with Crippen LogP contribution in [0.2, 0.25) is 5.02 Å². The van der Waals surface area contributed by atoms with E-state index >= 15 is 0 Å². The predicted molar refractivity (Wildman–Crippen MR) is 76.4 cm³/mol. The van der Waals surface area contributed by atoms with Gasteiger partial charge >= 0.3 is 0 Å². The molecule has 0 aliphatic carbocycles. The maximum atomic E-state index is 12.0. The van der Waals surface area contributed by atoms with Crippen molar-refractivity contribution in [1.29, 1.82) is 0 Å². The third-order valence-corrected chi connectivity index (χ3v) is 3.62. The molecule has 0 radical (unpaired) electrons. The molecule has 0 atom stereocenters. The Labute approximate surface area is 118 Å². The zero-order valence-corrected chi connectivity index (χ0v) is 11.7. The summed E-state index contributed by atoms with van der Waals surface area (Å²) in [5, 5.41) is 0.444. The van der Waals surface area contributed by atoms with Crippen molar-refractivity contribution in [2.24, 2.45) is 0 Å². The summed E-state index contributed by atoms with van der Waals surface area (Å²) in [5.74, 6) is 0.609. The first-order valence-corrected chi connectivity index (χ1v) is 7.00. The topological polar surface area (TPSA) is 55.6 Å². The molecule has 5 heteroatoms. The van der Waals surface area contributed by atoms with Crippen LogP contribution in [0.4, 0.5) is 5.69 Å². The molecule has 4 nitrogen and oxygen atoms in total. The van der Waals surface area contributed by atoms with Gasteiger partial charge in [-0.15, -0.1) is 0 Å². The van der Waals surface area contributed by atoms with E-state index in [2.05, 4.69) is 0 Å². The van der Waals surface area contributed by atoms with Crippen LogP contribution in [0.3, 0.4) is 0 Å². The number of hydrogen-bond donors (Lipinski definition) is 1. The Morgan fingerprint density at radius 3 is 2.58 bits per heavy atom. The molecule has 19 heavy (non-hydrogen) atoms. The fraction of sp³-hybridized carbons (Fsp3) is 0.500. The molecule has 0 saturated carbocycles. The molecule has 0 bridgehead atoms. The van der Waals surface area contributed by atoms with Gasteiger partial charge in [0.25, 0.3) is 5.91 Å². The first-order chi connectivity index (χ1) is 9.16. The highest BCUT2D eigenvalue weighted by atomic mass is 35.5. The van der Waals surface area contributed by atoms with E-state index in [4.69, 9.17) is 22.1 Å². The standard InChI is InChI=1S/C14H19ClN2O2/c15-12-9-11(5-6-13(12)16)19-10-14(18)17-7-3-1-2-4-8-17/h5-6,9H,1-4,7-8,10,16H2. The van der Waals surface area contributed by atoms with Crippen LogP contribution in [0.25, 0.3) is 0 Å². The summed E-state index contributed by atoms with van der Waals surface area (Å²) in [6.45, 7) is 1.73. The SMILES string of the molecule is Nc1ccc(OCC(=O)N2CCCCCC2)cc1Cl. The number of halogens is 1. The largest absolute Gasteiger partial charge is 0.484 e. The van der Waals surface area contributed by atoms with Gasteiger partial charge in [0.2, 0.25) is 0 Å². The number of nitrogens with zero attached hydrogens (tertiary/aromatic N) is 1. The molecule has 1 amide bonds. The number of rotatable bonds is 3. The molecule has 1 aromatic carbocycles. The number of benzene rings is 1. The highest BCUT2D eigenvalue weighted by molar-refractivity contribution is 6.33. The normalized spacial score (nSPS) is 15.9. The Kier molecular flexibility index (Phi) is 4.91. The predicted octanol–water partition coefficient (Wildman–Crippen LogP) is 2.70. The summed E-state index contributed by atoms with van der Waals surface area (Å²) in [4.78, 5) is 13.9. The van der Waals surface area contributed by atoms with Crippen molar-refractivity contribution in [2.75, 3.05) is 25.4 Å². The van der Waals surface area contributed by atoms with E-state index in [0.29, 0.717) is 16.5 Å². The van der Waals surface area contributed by atoms with Crippen LogP contribution >= 0.6 is 11.6 Å². The molecule has 2 rings (SSSR count). The molecule has 2 N–H and O–H groups in total. The maximum absolute atomic E-state index is 12.0. The van der Waals surface area contributed by atoms with E-state index in [0.717, 1.165) is 25.9 Å². The van der Waals surface area contributed by atoms with E-state index in [1.807, 2.05) is 4.90 Å². The van der Waals surface area contributed by atoms with E-state index < -0.39 is 0 Å². The third kappa shape index (κ3) is 4.03. The lowest BCUT2D eigenvalue weighted by Crippen LogP contribution is -2.35. The average Bonchev–Trinajstić information content (AvgIpc) is 2.69. The minimum absolute atomic E-state index is 0.0369. The number of anilines is 1. The van der Waals surface area contributed by atoms with Crippen molar-refractivity contribution in [3.05, 3.63) is 23.2 Å². The van der Waals surface area contributed by atoms with Gasteiger partial charge in [0.05, 0.1) is 10.7 Å². The van der Waals surface area contributed by atoms with Crippen molar-refractivity contribution >= 4 is 23.2 Å². The second-order valence-corrected chi connectivity index (χ2v) is 5.17. The summed E-state index contributed by atoms with van der Waals surface area (Å²) in [5.41, 5.74) is 6.12. The first-order valence-electron chi connectivity index (χ1n) is 6.62. The Morgan fingerprint density at radius 2 is 1.95 bits per heavy atom. The maximum Gasteiger partial charge on any atom is 0.260 e. The van der Waals surface area contributed by atoms with Crippen molar-refractivity contribution < 1.29 is 9.53 Å². The van der Waals surface area contributed by atoms with Crippen molar-refractivity contribution in [3.8, 4) is 5.75 Å². The van der Waals surface area contributed by atoms with Crippen LogP contribution in [-0.4, -0.2) is 30.5 Å². The van der Waals surface area contributed by atoms with Crippen LogP contribution in [0.1, 0.15) is 25.7 Å². The molecule has 1 aromatic rings. The zero-order chi connectivity index (χ0) is 13.7. The quantitative estimate of drug-likeness (QED) is 0.867. The van der Waals surface area contributed by atoms with E-state index in [1.165, 1.54) is 12.8 Å². The fourth-order valence-corrected chi connectivity index (χ4v) is 2.32. The molecule has 0 spiro atoms. The van der Waals surface area contributed by atoms with Gasteiger partial charge in [0.1, 0.15) is 5.75 Å². The fourth-order valence-electron chi connectivity index (χ4n) is 2.15. The first kappa shape index (κ1) is 14.0. The van der Waals surface area contributed by atoms with Crippen molar-refractivity contribution in [1.82, 2.24) is 4.90 Å². The van der Waals surface area contributed by atoms with Crippen molar-refractivity contribution in [3.63, 3.8) is 0 Å². The molecule has 0 unspecified atom stereocenters. The number of carbonyl (C=O) groups is 1. The minimum atomic E-state index is 0.0369. The third-order valence-electron chi connectivity index (χ3n) is 3.29. The number of ether oxygens (including phenoxy) is 1. The highest BCUT2D eigenvalue weighted by Gasteiger charge is 2.15. The van der Waals surface area contributed by atoms with Crippen LogP contribution in [-0.2, 0) is 4.79 Å². The van der Waals surface area contributed by atoms with Crippen LogP contribution in [0, 0.1) is 0 Å². The van der Waals surface area contributed by atoms with Gasteiger partial charge in [0.15, 0.2) is 6.61 Å². The van der Waals surface area contributed by atoms with Gasteiger partial charge in [-0.2, -0.15) is 0 Å². The smallest absolute Gasteiger partial charge is 0.260 e. The molecular weight excluding hydrogens is 264 g/mol. The summed E-state index contributed by atoms with van der Waals surface area (Å²) < 4.78 is 5.47. The van der Waals surface area contributed by atoms with Gasteiger partial charge in [-0.1, -0.05) is 24.4 Å². The second-order valence-electron chi connectivity index (χ2n) is 4.77. The molecule has 1 aliphatic heterocycles. The van der Waals surface area contributed by atoms with Crippen LogP contribution < -0.4 is 10.5 Å². The van der Waals surface area contributed by atoms with Gasteiger partial charge in [-0.05, 0) is 25.0 Å². The van der Waals surface area contributed by atoms with Gasteiger partial charge < -0.3 is 15.4 Å². The number of hydrogen-bond acceptors (Lipinski definition) is 3. The number of nitrogen functional groups attached to an aromatic ring is 1. The lowest BCUT2D eigenvalue weighted by atomic mass is 10.2. The Hall–Kier alpha value is -1.42. The zero-order valence-electron chi connectivity index (χ0n) is 10.9. The summed E-state index contributed by atoms with van der Waals surface area (Å²) in [6.07, 6.45) is 4.58. The number of amides is 1. The Balaban J connectivity index is 1.86. The molecule has 0 aromatic heterocycles. The van der Waals surface area contributed by atoms with E-state index in [1.54, 1.807) is 18.2 Å². The Bertz CT molecular complexity index is 443. The monoisotopic (exact) mass is 282 g/mol. The molecule has 1 aliphatic rings. The number of nitrogens with two attached hydrogens (primary N) is 1. The van der Waals surface area contributed by atoms with E-state index in [9.17, 15) is 4.79 Å². The minimum Gasteiger partial charge on any atom is -0.484 e. The summed E-state index contributed by atoms with van der Waals surface area (Å²) in [7, 11) is 0. The second kappa shape index (κ2) is 6.66. The molecule has 1 saturated heterocycles. The van der Waals surface area contributed by atoms with Gasteiger partial charge in [-0.3, -0.25) is 4.79 Å². The van der Waals surface area contributed by atoms with Crippen LogP contribution in [0.15, 0.2) is 18.2 Å². The summed E-state index contributed by atoms with van der Waals surface area (Å²) in [6, 6.07) is 5.03. The van der Waals surface area contributed by atoms with Crippen molar-refractivity contribution in [2.45, 2.75) is 25.7 Å². The van der Waals surface area contributed by atoms with Gasteiger partial charge in [0, 0.05) is 19.2 Å². The number of carbonyl (C=O) groups excluding carboxylic acids is 1. The molecule has 104 valence electrons. The lowest BCUT2D eigenvalue weighted by molar-refractivity contribution is -0.133. The highest BCUT2D eigenvalue weighted by Crippen LogP contribution is 2.24. The molecule has 1 fully saturated rings. The molecular formula is C14H19ClN2O2. The molecule has 1 heterocycles. The Morgan fingerprint density at radius 1 is 1.26 bits per heavy atom. The average molecular weight is 283 g/mol.